The van der Waals surface area contributed by atoms with Gasteiger partial charge >= 0.3 is 0 Å². The Bertz CT molecular complexity index is 1100. The van der Waals surface area contributed by atoms with E-state index in [1.54, 1.807) is 12.4 Å². The molecule has 1 saturated heterocycles. The van der Waals surface area contributed by atoms with Crippen LogP contribution in [0.25, 0.3) is 11.3 Å². The predicted molar refractivity (Wildman–Crippen MR) is 118 cm³/mol. The van der Waals surface area contributed by atoms with Crippen LogP contribution in [-0.2, 0) is 4.79 Å². The van der Waals surface area contributed by atoms with Gasteiger partial charge in [-0.2, -0.15) is 0 Å². The average Bonchev–Trinajstić information content (AvgIpc) is 2.84. The first-order valence-corrected chi connectivity index (χ1v) is 10.2. The molecule has 0 spiro atoms. The maximum Gasteiger partial charge on any atom is 0.271 e. The van der Waals surface area contributed by atoms with Crippen LogP contribution in [0, 0.1) is 16.0 Å². The lowest BCUT2D eigenvalue weighted by molar-refractivity contribution is -0.384. The molecule has 0 atom stereocenters. The van der Waals surface area contributed by atoms with Crippen LogP contribution >= 0.6 is 0 Å². The number of nitrogens with one attached hydrogen (secondary N) is 1. The van der Waals surface area contributed by atoms with Crippen LogP contribution in [0.5, 0.6) is 5.75 Å². The molecule has 32 heavy (non-hydrogen) atoms. The predicted octanol–water partition coefficient (Wildman–Crippen LogP) is 3.31. The fourth-order valence-corrected chi connectivity index (χ4v) is 3.67. The monoisotopic (exact) mass is 434 g/mol. The standard InChI is InChI=1S/C22H22N6O4/c1-32-20-6-4-17(28(30)31)13-19(20)24-22(29)15-8-11-27(12-9-15)21-7-5-18(25-26-21)16-3-2-10-23-14-16/h2-7,10,13-15H,8-9,11-12H2,1H3,(H,24,29). The zero-order valence-corrected chi connectivity index (χ0v) is 17.5. The van der Waals surface area contributed by atoms with E-state index in [9.17, 15) is 14.9 Å². The van der Waals surface area contributed by atoms with Gasteiger partial charge in [0.05, 0.1) is 23.4 Å². The first-order valence-electron chi connectivity index (χ1n) is 10.2. The van der Waals surface area contributed by atoms with Crippen molar-refractivity contribution in [1.82, 2.24) is 15.2 Å². The summed E-state index contributed by atoms with van der Waals surface area (Å²) in [5.41, 5.74) is 1.84. The number of nitro benzene ring substituents is 1. The number of anilines is 2. The zero-order valence-electron chi connectivity index (χ0n) is 17.5. The van der Waals surface area contributed by atoms with Crippen LogP contribution in [0.4, 0.5) is 17.2 Å². The summed E-state index contributed by atoms with van der Waals surface area (Å²) in [5.74, 6) is 0.751. The summed E-state index contributed by atoms with van der Waals surface area (Å²) in [4.78, 5) is 29.5. The van der Waals surface area contributed by atoms with Gasteiger partial charge in [-0.15, -0.1) is 10.2 Å². The molecule has 10 nitrogen and oxygen atoms in total. The summed E-state index contributed by atoms with van der Waals surface area (Å²) in [5, 5.41) is 22.5. The number of nitro groups is 1. The maximum atomic E-state index is 12.8. The van der Waals surface area contributed by atoms with Crippen molar-refractivity contribution in [3.05, 3.63) is 65.0 Å². The topological polar surface area (TPSA) is 123 Å². The zero-order chi connectivity index (χ0) is 22.5. The third-order valence-corrected chi connectivity index (χ3v) is 5.45. The molecule has 1 amide bonds. The van der Waals surface area contributed by atoms with Crippen LogP contribution < -0.4 is 15.0 Å². The Morgan fingerprint density at radius 2 is 2.00 bits per heavy atom. The number of carbonyl (C=O) groups excluding carboxylic acids is 1. The molecule has 10 heteroatoms. The van der Waals surface area contributed by atoms with E-state index < -0.39 is 4.92 Å². The summed E-state index contributed by atoms with van der Waals surface area (Å²) in [6.45, 7) is 1.32. The van der Waals surface area contributed by atoms with Gasteiger partial charge in [-0.1, -0.05) is 0 Å². The number of aromatic nitrogens is 3. The van der Waals surface area contributed by atoms with E-state index in [0.29, 0.717) is 37.4 Å². The summed E-state index contributed by atoms with van der Waals surface area (Å²) in [7, 11) is 1.45. The molecule has 1 N–H and O–H groups in total. The highest BCUT2D eigenvalue weighted by molar-refractivity contribution is 5.94. The molecule has 0 aliphatic carbocycles. The molecule has 4 rings (SSSR count). The van der Waals surface area contributed by atoms with Gasteiger partial charge in [-0.25, -0.2) is 0 Å². The van der Waals surface area contributed by atoms with Crippen molar-refractivity contribution in [3.63, 3.8) is 0 Å². The molecular weight excluding hydrogens is 412 g/mol. The third-order valence-electron chi connectivity index (χ3n) is 5.45. The minimum atomic E-state index is -0.506. The number of hydrogen-bond donors (Lipinski definition) is 1. The van der Waals surface area contributed by atoms with Gasteiger partial charge < -0.3 is 15.0 Å². The van der Waals surface area contributed by atoms with Crippen LogP contribution in [0.15, 0.2) is 54.9 Å². The molecule has 0 saturated carbocycles. The lowest BCUT2D eigenvalue weighted by Gasteiger charge is -2.31. The highest BCUT2D eigenvalue weighted by Crippen LogP contribution is 2.30. The first kappa shape index (κ1) is 21.2. The van der Waals surface area contributed by atoms with Gasteiger partial charge in [-0.3, -0.25) is 19.9 Å². The Labute approximate surface area is 184 Å². The molecule has 1 aliphatic rings. The number of piperidine rings is 1. The number of rotatable bonds is 6. The lowest BCUT2D eigenvalue weighted by atomic mass is 9.95. The summed E-state index contributed by atoms with van der Waals surface area (Å²) in [6.07, 6.45) is 4.72. The van der Waals surface area contributed by atoms with E-state index in [1.165, 1.54) is 25.3 Å². The number of carbonyl (C=O) groups is 1. The number of nitrogens with zero attached hydrogens (tertiary/aromatic N) is 5. The van der Waals surface area contributed by atoms with Crippen molar-refractivity contribution in [2.45, 2.75) is 12.8 Å². The Balaban J connectivity index is 1.37. The highest BCUT2D eigenvalue weighted by Gasteiger charge is 2.27. The fraction of sp³-hybridized carbons (Fsp3) is 0.273. The minimum absolute atomic E-state index is 0.107. The molecule has 1 fully saturated rings. The molecule has 0 unspecified atom stereocenters. The van der Waals surface area contributed by atoms with Crippen LogP contribution in [-0.4, -0.2) is 46.2 Å². The normalized spacial score (nSPS) is 14.1. The Hall–Kier alpha value is -4.08. The second-order valence-electron chi connectivity index (χ2n) is 7.41. The summed E-state index contributed by atoms with van der Waals surface area (Å²) in [6, 6.07) is 11.7. The smallest absolute Gasteiger partial charge is 0.271 e. The molecule has 3 heterocycles. The molecule has 3 aromatic rings. The molecule has 0 bridgehead atoms. The highest BCUT2D eigenvalue weighted by atomic mass is 16.6. The number of methoxy groups -OCH3 is 1. The van der Waals surface area contributed by atoms with E-state index >= 15 is 0 Å². The second kappa shape index (κ2) is 9.38. The SMILES string of the molecule is COc1ccc([N+](=O)[O-])cc1NC(=O)C1CCN(c2ccc(-c3cccnc3)nn2)CC1. The first-order chi connectivity index (χ1) is 15.5. The van der Waals surface area contributed by atoms with Crippen molar-refractivity contribution in [2.24, 2.45) is 5.92 Å². The van der Waals surface area contributed by atoms with Crippen molar-refractivity contribution in [1.29, 1.82) is 0 Å². The van der Waals surface area contributed by atoms with Gasteiger partial charge in [0.1, 0.15) is 5.75 Å². The van der Waals surface area contributed by atoms with Crippen molar-refractivity contribution >= 4 is 23.1 Å². The summed E-state index contributed by atoms with van der Waals surface area (Å²) < 4.78 is 5.22. The average molecular weight is 434 g/mol. The van der Waals surface area contributed by atoms with E-state index in [-0.39, 0.29) is 17.5 Å². The van der Waals surface area contributed by atoms with Gasteiger partial charge in [0.25, 0.3) is 5.69 Å². The molecule has 164 valence electrons. The van der Waals surface area contributed by atoms with Crippen LogP contribution in [0.1, 0.15) is 12.8 Å². The second-order valence-corrected chi connectivity index (χ2v) is 7.41. The number of ether oxygens (including phenoxy) is 1. The maximum absolute atomic E-state index is 12.8. The molecule has 0 radical (unpaired) electrons. The molecule has 1 aromatic carbocycles. The fourth-order valence-electron chi connectivity index (χ4n) is 3.67. The molecule has 2 aromatic heterocycles. The number of amides is 1. The lowest BCUT2D eigenvalue weighted by Crippen LogP contribution is -2.38. The minimum Gasteiger partial charge on any atom is -0.495 e. The quantitative estimate of drug-likeness (QED) is 0.463. The van der Waals surface area contributed by atoms with Crippen molar-refractivity contribution in [3.8, 4) is 17.0 Å². The number of hydrogen-bond acceptors (Lipinski definition) is 8. The van der Waals surface area contributed by atoms with Gasteiger partial charge in [-0.05, 0) is 43.2 Å². The van der Waals surface area contributed by atoms with Gasteiger partial charge in [0.15, 0.2) is 5.82 Å². The summed E-state index contributed by atoms with van der Waals surface area (Å²) >= 11 is 0. The van der Waals surface area contributed by atoms with Crippen molar-refractivity contribution in [2.75, 3.05) is 30.4 Å². The van der Waals surface area contributed by atoms with Gasteiger partial charge in [0.2, 0.25) is 5.91 Å². The number of benzene rings is 1. The molecule has 1 aliphatic heterocycles. The molecular formula is C22H22N6O4. The Kier molecular flexibility index (Phi) is 6.20. The Morgan fingerprint density at radius 3 is 2.62 bits per heavy atom. The number of pyridine rings is 1. The third kappa shape index (κ3) is 4.64. The van der Waals surface area contributed by atoms with E-state index in [1.807, 2.05) is 24.3 Å². The Morgan fingerprint density at radius 1 is 1.19 bits per heavy atom. The van der Waals surface area contributed by atoms with Crippen LogP contribution in [0.3, 0.4) is 0 Å². The van der Waals surface area contributed by atoms with E-state index in [0.717, 1.165) is 17.1 Å². The van der Waals surface area contributed by atoms with Crippen LogP contribution in [0.2, 0.25) is 0 Å². The van der Waals surface area contributed by atoms with Gasteiger partial charge in [0, 0.05) is 49.1 Å². The van der Waals surface area contributed by atoms with Crippen molar-refractivity contribution < 1.29 is 14.5 Å². The van der Waals surface area contributed by atoms with E-state index in [2.05, 4.69) is 25.4 Å². The largest absolute Gasteiger partial charge is 0.495 e. The van der Waals surface area contributed by atoms with E-state index in [4.69, 9.17) is 4.74 Å². The number of non-ortho nitro benzene ring substituents is 1.